The Morgan fingerprint density at radius 1 is 1.24 bits per heavy atom. The molecule has 1 aliphatic heterocycles. The molecule has 0 saturated heterocycles. The fourth-order valence-electron chi connectivity index (χ4n) is 3.42. The predicted molar refractivity (Wildman–Crippen MR) is 94.0 cm³/mol. The minimum absolute atomic E-state index is 0.0528. The number of ether oxygens (including phenoxy) is 1. The van der Waals surface area contributed by atoms with E-state index in [1.54, 1.807) is 7.05 Å². The van der Waals surface area contributed by atoms with Crippen LogP contribution < -0.4 is 4.74 Å². The summed E-state index contributed by atoms with van der Waals surface area (Å²) < 4.78 is 32.8. The number of halogens is 2. The number of fused-ring (bicyclic) bond motifs is 1. The largest absolute Gasteiger partial charge is 0.478 e. The van der Waals surface area contributed by atoms with Gasteiger partial charge in [-0.15, -0.1) is 0 Å². The summed E-state index contributed by atoms with van der Waals surface area (Å²) in [6.07, 6.45) is 3.71. The third-order valence-electron chi connectivity index (χ3n) is 4.89. The molecule has 6 nitrogen and oxygen atoms in total. The van der Waals surface area contributed by atoms with Crippen molar-refractivity contribution in [1.82, 2.24) is 4.31 Å². The topological polar surface area (TPSA) is 83.9 Å². The van der Waals surface area contributed by atoms with E-state index in [1.165, 1.54) is 10.4 Å². The lowest BCUT2D eigenvalue weighted by atomic mass is 9.96. The van der Waals surface area contributed by atoms with E-state index in [2.05, 4.69) is 0 Å². The number of hydrogen-bond acceptors (Lipinski definition) is 4. The van der Waals surface area contributed by atoms with Gasteiger partial charge in [-0.3, -0.25) is 0 Å². The number of carboxylic acids is 1. The zero-order chi connectivity index (χ0) is 18.4. The Balaban J connectivity index is 1.99. The summed E-state index contributed by atoms with van der Waals surface area (Å²) in [5, 5.41) is 8.92. The Hall–Kier alpha value is -1.02. The fourth-order valence-corrected chi connectivity index (χ4v) is 5.71. The zero-order valence-corrected chi connectivity index (χ0v) is 16.0. The third-order valence-corrected chi connectivity index (χ3v) is 7.79. The van der Waals surface area contributed by atoms with Gasteiger partial charge in [0.05, 0.1) is 5.02 Å². The Morgan fingerprint density at radius 3 is 2.48 bits per heavy atom. The number of aliphatic carboxylic acids is 1. The summed E-state index contributed by atoms with van der Waals surface area (Å²) in [7, 11) is -2.28. The molecule has 0 bridgehead atoms. The van der Waals surface area contributed by atoms with Crippen molar-refractivity contribution < 1.29 is 23.1 Å². The molecule has 9 heteroatoms. The van der Waals surface area contributed by atoms with Crippen LogP contribution in [0.25, 0.3) is 0 Å². The highest BCUT2D eigenvalue weighted by Crippen LogP contribution is 2.44. The molecule has 138 valence electrons. The van der Waals surface area contributed by atoms with Gasteiger partial charge in [-0.2, -0.15) is 4.31 Å². The zero-order valence-electron chi connectivity index (χ0n) is 13.7. The molecular formula is C16H19Cl2NO5S. The monoisotopic (exact) mass is 407 g/mol. The van der Waals surface area contributed by atoms with Crippen LogP contribution in [0.2, 0.25) is 10.0 Å². The molecule has 1 aromatic rings. The van der Waals surface area contributed by atoms with Crippen LogP contribution in [0.4, 0.5) is 0 Å². The van der Waals surface area contributed by atoms with Gasteiger partial charge in [0.15, 0.2) is 6.10 Å². The quantitative estimate of drug-likeness (QED) is 0.826. The van der Waals surface area contributed by atoms with Crippen molar-refractivity contribution in [3.8, 4) is 5.75 Å². The summed E-state index contributed by atoms with van der Waals surface area (Å²) in [6.45, 7) is 0. The van der Waals surface area contributed by atoms with Crippen LogP contribution in [0, 0.1) is 0 Å². The van der Waals surface area contributed by atoms with Crippen LogP contribution in [0.5, 0.6) is 5.75 Å². The van der Waals surface area contributed by atoms with Gasteiger partial charge in [0.1, 0.15) is 15.7 Å². The number of sulfonamides is 1. The van der Waals surface area contributed by atoms with Crippen molar-refractivity contribution in [2.75, 3.05) is 7.05 Å². The highest BCUT2D eigenvalue weighted by atomic mass is 35.5. The lowest BCUT2D eigenvalue weighted by Crippen LogP contribution is -2.38. The molecule has 1 atom stereocenters. The maximum absolute atomic E-state index is 13.0. The van der Waals surface area contributed by atoms with E-state index >= 15 is 0 Å². The highest BCUT2D eigenvalue weighted by molar-refractivity contribution is 7.89. The Bertz CT molecular complexity index is 805. The second-order valence-corrected chi connectivity index (χ2v) is 9.17. The van der Waals surface area contributed by atoms with E-state index in [-0.39, 0.29) is 33.2 Å². The molecule has 25 heavy (non-hydrogen) atoms. The van der Waals surface area contributed by atoms with Crippen LogP contribution >= 0.6 is 23.2 Å². The average molecular weight is 408 g/mol. The number of nitrogens with zero attached hydrogens (tertiary/aromatic N) is 1. The van der Waals surface area contributed by atoms with Crippen molar-refractivity contribution in [2.45, 2.75) is 55.6 Å². The Labute approximate surface area is 156 Å². The molecule has 0 spiro atoms. The first kappa shape index (κ1) is 18.8. The summed E-state index contributed by atoms with van der Waals surface area (Å²) in [4.78, 5) is 11.0. The molecule has 1 aliphatic carbocycles. The lowest BCUT2D eigenvalue weighted by molar-refractivity contribution is -0.144. The van der Waals surface area contributed by atoms with Crippen molar-refractivity contribution in [3.05, 3.63) is 21.7 Å². The van der Waals surface area contributed by atoms with Gasteiger partial charge >= 0.3 is 5.97 Å². The van der Waals surface area contributed by atoms with E-state index in [0.29, 0.717) is 5.56 Å². The van der Waals surface area contributed by atoms with Crippen molar-refractivity contribution in [1.29, 1.82) is 0 Å². The van der Waals surface area contributed by atoms with E-state index in [1.807, 2.05) is 0 Å². The standard InChI is InChI=1S/C16H19Cl2NO5S/c1-19(10-5-3-2-4-6-10)25(22,23)12-8-9-7-11(16(20)21)24-15(9)14(18)13(12)17/h8,10-11H,2-7H2,1H3,(H,20,21). The number of benzene rings is 1. The molecule has 0 amide bonds. The molecule has 1 aromatic carbocycles. The molecule has 1 fully saturated rings. The van der Waals surface area contributed by atoms with Crippen molar-refractivity contribution in [3.63, 3.8) is 0 Å². The minimum atomic E-state index is -3.84. The van der Waals surface area contributed by atoms with Gasteiger partial charge in [0.25, 0.3) is 0 Å². The summed E-state index contributed by atoms with van der Waals surface area (Å²) in [6, 6.07) is 1.33. The molecule has 0 aromatic heterocycles. The summed E-state index contributed by atoms with van der Waals surface area (Å²) in [5.74, 6) is -0.981. The van der Waals surface area contributed by atoms with E-state index in [9.17, 15) is 13.2 Å². The average Bonchev–Trinajstić information content (AvgIpc) is 3.03. The smallest absolute Gasteiger partial charge is 0.345 e. The van der Waals surface area contributed by atoms with Crippen LogP contribution in [0.15, 0.2) is 11.0 Å². The van der Waals surface area contributed by atoms with Crippen molar-refractivity contribution in [2.24, 2.45) is 0 Å². The van der Waals surface area contributed by atoms with Crippen molar-refractivity contribution >= 4 is 39.2 Å². The maximum Gasteiger partial charge on any atom is 0.345 e. The summed E-state index contributed by atoms with van der Waals surface area (Å²) >= 11 is 12.4. The molecule has 0 radical (unpaired) electrons. The molecule has 1 N–H and O–H groups in total. The number of rotatable bonds is 4. The summed E-state index contributed by atoms with van der Waals surface area (Å²) in [5.41, 5.74) is 0.442. The van der Waals surface area contributed by atoms with Gasteiger partial charge < -0.3 is 9.84 Å². The molecule has 2 aliphatic rings. The Morgan fingerprint density at radius 2 is 1.88 bits per heavy atom. The fraction of sp³-hybridized carbons (Fsp3) is 0.562. The first-order valence-corrected chi connectivity index (χ1v) is 10.3. The predicted octanol–water partition coefficient (Wildman–Crippen LogP) is 3.33. The van der Waals surface area contributed by atoms with E-state index < -0.39 is 22.1 Å². The van der Waals surface area contributed by atoms with E-state index in [0.717, 1.165) is 32.1 Å². The molecule has 1 unspecified atom stereocenters. The molecule has 1 heterocycles. The third kappa shape index (κ3) is 3.35. The van der Waals surface area contributed by atoms with Gasteiger partial charge in [-0.25, -0.2) is 13.2 Å². The number of carbonyl (C=O) groups is 1. The van der Waals surface area contributed by atoms with Crippen LogP contribution in [-0.2, 0) is 21.2 Å². The molecule has 1 saturated carbocycles. The van der Waals surface area contributed by atoms with Crippen LogP contribution in [0.3, 0.4) is 0 Å². The number of carboxylic acid groups (broad SMARTS) is 1. The maximum atomic E-state index is 13.0. The first-order valence-electron chi connectivity index (χ1n) is 8.12. The van der Waals surface area contributed by atoms with Gasteiger partial charge in [-0.05, 0) is 18.9 Å². The Kier molecular flexibility index (Phi) is 5.21. The second-order valence-electron chi connectivity index (χ2n) is 6.45. The molecule has 3 rings (SSSR count). The lowest BCUT2D eigenvalue weighted by Gasteiger charge is -2.30. The van der Waals surface area contributed by atoms with Gasteiger partial charge in [0, 0.05) is 25.1 Å². The minimum Gasteiger partial charge on any atom is -0.478 e. The SMILES string of the molecule is CN(C1CCCCC1)S(=O)(=O)c1cc2c(c(Cl)c1Cl)OC(C(=O)O)C2. The first-order chi connectivity index (χ1) is 11.7. The number of hydrogen-bond donors (Lipinski definition) is 1. The highest BCUT2D eigenvalue weighted by Gasteiger charge is 2.37. The van der Waals surface area contributed by atoms with Gasteiger partial charge in [0.2, 0.25) is 10.0 Å². The normalized spacial score (nSPS) is 21.2. The van der Waals surface area contributed by atoms with E-state index in [4.69, 9.17) is 33.0 Å². The van der Waals surface area contributed by atoms with Gasteiger partial charge in [-0.1, -0.05) is 42.5 Å². The second kappa shape index (κ2) is 6.95. The molecular weight excluding hydrogens is 389 g/mol. The van der Waals surface area contributed by atoms with Crippen LogP contribution in [0.1, 0.15) is 37.7 Å². The van der Waals surface area contributed by atoms with Crippen LogP contribution in [-0.4, -0.2) is 43.0 Å².